The average molecular weight is 419 g/mol. The normalized spacial score (nSPS) is 11.9. The van der Waals surface area contributed by atoms with Crippen molar-refractivity contribution in [2.75, 3.05) is 6.26 Å². The fourth-order valence-electron chi connectivity index (χ4n) is 2.61. The van der Waals surface area contributed by atoms with Crippen LogP contribution >= 0.6 is 23.4 Å². The number of hydrogen-bond acceptors (Lipinski definition) is 5. The quantitative estimate of drug-likeness (QED) is 0.326. The largest absolute Gasteiger partial charge is 0.450 e. The van der Waals surface area contributed by atoms with Crippen LogP contribution in [0.15, 0.2) is 59.9 Å². The third kappa shape index (κ3) is 4.26. The Hall–Kier alpha value is -2.64. The molecule has 0 fully saturated rings. The molecular formula is C20H16ClFN2O3S. The zero-order valence-electron chi connectivity index (χ0n) is 15.1. The SMILES string of the molecule is CSc1ncc(C(=O)O[C@H](C)C(=O)c2cccc(Cl)c2)n1-c1ccc(F)cc1. The Kier molecular flexibility index (Phi) is 6.16. The number of carbonyl (C=O) groups excluding carboxylic acids is 2. The van der Waals surface area contributed by atoms with Gasteiger partial charge < -0.3 is 4.74 Å². The molecule has 3 aromatic rings. The highest BCUT2D eigenvalue weighted by Crippen LogP contribution is 2.23. The van der Waals surface area contributed by atoms with Gasteiger partial charge in [-0.1, -0.05) is 35.5 Å². The van der Waals surface area contributed by atoms with E-state index in [4.69, 9.17) is 16.3 Å². The predicted octanol–water partition coefficient (Wildman–Crippen LogP) is 4.81. The highest BCUT2D eigenvalue weighted by atomic mass is 35.5. The molecular weight excluding hydrogens is 403 g/mol. The first-order valence-electron chi connectivity index (χ1n) is 8.29. The van der Waals surface area contributed by atoms with Crippen LogP contribution in [0.25, 0.3) is 5.69 Å². The molecule has 1 aromatic heterocycles. The minimum atomic E-state index is -1.01. The topological polar surface area (TPSA) is 61.2 Å². The molecule has 0 saturated carbocycles. The van der Waals surface area contributed by atoms with Crippen molar-refractivity contribution in [2.24, 2.45) is 0 Å². The molecule has 5 nitrogen and oxygen atoms in total. The second-order valence-corrected chi connectivity index (χ2v) is 7.07. The van der Waals surface area contributed by atoms with Crippen molar-refractivity contribution >= 4 is 35.1 Å². The number of benzene rings is 2. The number of Topliss-reactive ketones (excluding diaryl/α,β-unsaturated/α-hetero) is 1. The Morgan fingerprint density at radius 1 is 1.21 bits per heavy atom. The molecule has 0 saturated heterocycles. The Morgan fingerprint density at radius 3 is 2.57 bits per heavy atom. The molecule has 2 aromatic carbocycles. The molecule has 0 bridgehead atoms. The van der Waals surface area contributed by atoms with Gasteiger partial charge in [-0.2, -0.15) is 0 Å². The molecule has 8 heteroatoms. The van der Waals surface area contributed by atoms with E-state index in [1.807, 2.05) is 6.26 Å². The van der Waals surface area contributed by atoms with Gasteiger partial charge in [-0.15, -0.1) is 0 Å². The monoisotopic (exact) mass is 418 g/mol. The fraction of sp³-hybridized carbons (Fsp3) is 0.150. The first kappa shape index (κ1) is 20.1. The van der Waals surface area contributed by atoms with Crippen molar-refractivity contribution in [2.45, 2.75) is 18.2 Å². The summed E-state index contributed by atoms with van der Waals surface area (Å²) in [5.41, 5.74) is 1.05. The Bertz CT molecular complexity index is 1020. The number of ketones is 1. The molecule has 0 N–H and O–H groups in total. The maximum absolute atomic E-state index is 13.3. The maximum Gasteiger partial charge on any atom is 0.357 e. The van der Waals surface area contributed by atoms with Crippen molar-refractivity contribution in [3.63, 3.8) is 0 Å². The van der Waals surface area contributed by atoms with Crippen LogP contribution in [0.5, 0.6) is 0 Å². The van der Waals surface area contributed by atoms with Crippen LogP contribution in [0.2, 0.25) is 5.02 Å². The third-order valence-electron chi connectivity index (χ3n) is 3.97. The van der Waals surface area contributed by atoms with Gasteiger partial charge in [0.2, 0.25) is 5.78 Å². The van der Waals surface area contributed by atoms with E-state index in [0.717, 1.165) is 0 Å². The Labute approximate surface area is 170 Å². The van der Waals surface area contributed by atoms with Crippen LogP contribution < -0.4 is 0 Å². The van der Waals surface area contributed by atoms with E-state index in [1.54, 1.807) is 22.8 Å². The van der Waals surface area contributed by atoms with Crippen molar-refractivity contribution in [3.05, 3.63) is 76.8 Å². The van der Waals surface area contributed by atoms with E-state index in [1.165, 1.54) is 55.2 Å². The number of carbonyl (C=O) groups is 2. The highest BCUT2D eigenvalue weighted by Gasteiger charge is 2.24. The number of rotatable bonds is 6. The fourth-order valence-corrected chi connectivity index (χ4v) is 3.35. The zero-order chi connectivity index (χ0) is 20.3. The minimum Gasteiger partial charge on any atom is -0.450 e. The molecule has 0 spiro atoms. The van der Waals surface area contributed by atoms with Gasteiger partial charge in [-0.3, -0.25) is 9.36 Å². The van der Waals surface area contributed by atoms with Crippen molar-refractivity contribution in [1.29, 1.82) is 0 Å². The first-order chi connectivity index (χ1) is 13.4. The van der Waals surface area contributed by atoms with Gasteiger partial charge in [0.25, 0.3) is 0 Å². The molecule has 3 rings (SSSR count). The molecule has 0 aliphatic heterocycles. The molecule has 0 amide bonds. The number of nitrogens with zero attached hydrogens (tertiary/aromatic N) is 2. The summed E-state index contributed by atoms with van der Waals surface area (Å²) >= 11 is 7.24. The molecule has 1 atom stereocenters. The molecule has 1 heterocycles. The molecule has 144 valence electrons. The average Bonchev–Trinajstić information content (AvgIpc) is 3.12. The smallest absolute Gasteiger partial charge is 0.357 e. The van der Waals surface area contributed by atoms with Crippen LogP contribution in [0.1, 0.15) is 27.8 Å². The number of thioether (sulfide) groups is 1. The Morgan fingerprint density at radius 2 is 1.93 bits per heavy atom. The summed E-state index contributed by atoms with van der Waals surface area (Å²) in [6, 6.07) is 12.1. The van der Waals surface area contributed by atoms with E-state index in [9.17, 15) is 14.0 Å². The van der Waals surface area contributed by atoms with Gasteiger partial charge in [0.1, 0.15) is 5.82 Å². The van der Waals surface area contributed by atoms with Crippen LogP contribution in [0.4, 0.5) is 4.39 Å². The van der Waals surface area contributed by atoms with E-state index in [0.29, 0.717) is 21.4 Å². The van der Waals surface area contributed by atoms with E-state index < -0.39 is 12.1 Å². The van der Waals surface area contributed by atoms with Gasteiger partial charge in [0.05, 0.1) is 6.20 Å². The van der Waals surface area contributed by atoms with Gasteiger partial charge in [0, 0.05) is 16.3 Å². The Balaban J connectivity index is 1.85. The van der Waals surface area contributed by atoms with Gasteiger partial charge in [-0.05, 0) is 49.6 Å². The number of esters is 1. The van der Waals surface area contributed by atoms with Gasteiger partial charge in [-0.25, -0.2) is 14.2 Å². The second-order valence-electron chi connectivity index (χ2n) is 5.86. The number of imidazole rings is 1. The molecule has 0 aliphatic carbocycles. The van der Waals surface area contributed by atoms with Gasteiger partial charge >= 0.3 is 5.97 Å². The standard InChI is InChI=1S/C20H16ClFN2O3S/c1-12(18(25)13-4-3-5-14(21)10-13)27-19(26)17-11-23-20(28-2)24(17)16-8-6-15(22)7-9-16/h3-12H,1-2H3/t12-/m1/s1. The summed E-state index contributed by atoms with van der Waals surface area (Å²) in [7, 11) is 0. The summed E-state index contributed by atoms with van der Waals surface area (Å²) in [6.45, 7) is 1.50. The third-order valence-corrected chi connectivity index (χ3v) is 4.86. The van der Waals surface area contributed by atoms with Crippen LogP contribution in [0.3, 0.4) is 0 Å². The van der Waals surface area contributed by atoms with Crippen molar-refractivity contribution in [1.82, 2.24) is 9.55 Å². The van der Waals surface area contributed by atoms with Crippen LogP contribution in [0, 0.1) is 5.82 Å². The van der Waals surface area contributed by atoms with E-state index >= 15 is 0 Å². The van der Waals surface area contributed by atoms with Crippen molar-refractivity contribution in [3.8, 4) is 5.69 Å². The lowest BCUT2D eigenvalue weighted by molar-refractivity contribution is 0.0310. The lowest BCUT2D eigenvalue weighted by Gasteiger charge is -2.14. The first-order valence-corrected chi connectivity index (χ1v) is 9.89. The maximum atomic E-state index is 13.3. The van der Waals surface area contributed by atoms with E-state index in [-0.39, 0.29) is 17.3 Å². The summed E-state index contributed by atoms with van der Waals surface area (Å²) in [6.07, 6.45) is 2.16. The summed E-state index contributed by atoms with van der Waals surface area (Å²) < 4.78 is 20.2. The lowest BCUT2D eigenvalue weighted by atomic mass is 10.1. The van der Waals surface area contributed by atoms with E-state index in [2.05, 4.69) is 4.98 Å². The number of hydrogen-bond donors (Lipinski definition) is 0. The summed E-state index contributed by atoms with van der Waals surface area (Å²) in [5, 5.41) is 0.954. The highest BCUT2D eigenvalue weighted by molar-refractivity contribution is 7.98. The number of halogens is 2. The molecule has 0 unspecified atom stereocenters. The second kappa shape index (κ2) is 8.58. The lowest BCUT2D eigenvalue weighted by Crippen LogP contribution is -2.25. The van der Waals surface area contributed by atoms with Gasteiger partial charge in [0.15, 0.2) is 17.0 Å². The number of aromatic nitrogens is 2. The molecule has 0 aliphatic rings. The van der Waals surface area contributed by atoms with Crippen LogP contribution in [-0.4, -0.2) is 33.7 Å². The van der Waals surface area contributed by atoms with Crippen LogP contribution in [-0.2, 0) is 4.74 Å². The predicted molar refractivity (Wildman–Crippen MR) is 106 cm³/mol. The molecule has 28 heavy (non-hydrogen) atoms. The van der Waals surface area contributed by atoms with Crippen molar-refractivity contribution < 1.29 is 18.7 Å². The molecule has 0 radical (unpaired) electrons. The summed E-state index contributed by atoms with van der Waals surface area (Å²) in [4.78, 5) is 29.4. The minimum absolute atomic E-state index is 0.140. The zero-order valence-corrected chi connectivity index (χ0v) is 16.6. The summed E-state index contributed by atoms with van der Waals surface area (Å²) in [5.74, 6) is -1.46. The number of ether oxygens (including phenoxy) is 1.